The third-order valence-corrected chi connectivity index (χ3v) is 4.79. The summed E-state index contributed by atoms with van der Waals surface area (Å²) in [6.07, 6.45) is 0.865. The fourth-order valence-corrected chi connectivity index (χ4v) is 3.02. The van der Waals surface area contributed by atoms with Crippen LogP contribution in [0.4, 0.5) is 5.69 Å². The Kier molecular flexibility index (Phi) is 5.52. The lowest BCUT2D eigenvalue weighted by molar-refractivity contribution is -0.115. The number of hydrogen-bond donors (Lipinski definition) is 2. The number of benzene rings is 2. The lowest BCUT2D eigenvalue weighted by Crippen LogP contribution is -2.32. The van der Waals surface area contributed by atoms with Gasteiger partial charge in [-0.05, 0) is 43.2 Å². The van der Waals surface area contributed by atoms with E-state index in [2.05, 4.69) is 10.0 Å². The molecule has 0 fully saturated rings. The zero-order chi connectivity index (χ0) is 16.9. The molecule has 2 N–H and O–H groups in total. The number of rotatable bonds is 6. The smallest absolute Gasteiger partial charge is 0.241 e. The standard InChI is InChI=1S/C17H20N2O3S/c1-3-14-5-4-6-15(11-14)19-17(20)12-18-23(21,22)16-9-7-13(2)8-10-16/h4-11,18H,3,12H2,1-2H3,(H,19,20). The zero-order valence-corrected chi connectivity index (χ0v) is 14.0. The van der Waals surface area contributed by atoms with Crippen LogP contribution in [0.1, 0.15) is 18.1 Å². The first-order valence-corrected chi connectivity index (χ1v) is 8.84. The van der Waals surface area contributed by atoms with Crippen LogP contribution in [0.25, 0.3) is 0 Å². The van der Waals surface area contributed by atoms with Gasteiger partial charge in [-0.2, -0.15) is 0 Å². The summed E-state index contributed by atoms with van der Waals surface area (Å²) in [5.74, 6) is -0.408. The molecule has 2 rings (SSSR count). The molecule has 0 heterocycles. The number of sulfonamides is 1. The lowest BCUT2D eigenvalue weighted by atomic mass is 10.1. The van der Waals surface area contributed by atoms with Crippen molar-refractivity contribution in [3.63, 3.8) is 0 Å². The molecule has 6 heteroatoms. The van der Waals surface area contributed by atoms with Crippen molar-refractivity contribution in [1.82, 2.24) is 4.72 Å². The van der Waals surface area contributed by atoms with Gasteiger partial charge in [-0.15, -0.1) is 0 Å². The molecule has 0 saturated heterocycles. The Morgan fingerprint density at radius 3 is 2.43 bits per heavy atom. The van der Waals surface area contributed by atoms with Crippen molar-refractivity contribution in [3.05, 3.63) is 59.7 Å². The van der Waals surface area contributed by atoms with E-state index in [0.717, 1.165) is 17.5 Å². The number of anilines is 1. The van der Waals surface area contributed by atoms with Crippen molar-refractivity contribution >= 4 is 21.6 Å². The molecule has 122 valence electrons. The Bertz CT molecular complexity index is 784. The van der Waals surface area contributed by atoms with Crippen molar-refractivity contribution in [3.8, 4) is 0 Å². The minimum Gasteiger partial charge on any atom is -0.325 e. The Morgan fingerprint density at radius 1 is 1.09 bits per heavy atom. The summed E-state index contributed by atoms with van der Waals surface area (Å²) in [4.78, 5) is 12.0. The van der Waals surface area contributed by atoms with Crippen LogP contribution in [0.2, 0.25) is 0 Å². The first kappa shape index (κ1) is 17.2. The first-order valence-electron chi connectivity index (χ1n) is 7.36. The maximum Gasteiger partial charge on any atom is 0.241 e. The minimum absolute atomic E-state index is 0.142. The molecule has 0 saturated carbocycles. The number of nitrogens with one attached hydrogen (secondary N) is 2. The minimum atomic E-state index is -3.69. The summed E-state index contributed by atoms with van der Waals surface area (Å²) in [5.41, 5.74) is 2.73. The Balaban J connectivity index is 1.96. The molecule has 0 aromatic heterocycles. The van der Waals surface area contributed by atoms with Gasteiger partial charge in [0.2, 0.25) is 15.9 Å². The predicted molar refractivity (Wildman–Crippen MR) is 90.8 cm³/mol. The van der Waals surface area contributed by atoms with E-state index in [-0.39, 0.29) is 11.4 Å². The van der Waals surface area contributed by atoms with Crippen molar-refractivity contribution in [2.45, 2.75) is 25.2 Å². The summed E-state index contributed by atoms with van der Waals surface area (Å²) >= 11 is 0. The number of amides is 1. The summed E-state index contributed by atoms with van der Waals surface area (Å²) < 4.78 is 26.5. The highest BCUT2D eigenvalue weighted by molar-refractivity contribution is 7.89. The zero-order valence-electron chi connectivity index (χ0n) is 13.2. The van der Waals surface area contributed by atoms with Gasteiger partial charge < -0.3 is 5.32 Å². The van der Waals surface area contributed by atoms with Gasteiger partial charge in [-0.25, -0.2) is 13.1 Å². The van der Waals surface area contributed by atoms with Crippen molar-refractivity contribution in [1.29, 1.82) is 0 Å². The van der Waals surface area contributed by atoms with Crippen molar-refractivity contribution in [2.75, 3.05) is 11.9 Å². The van der Waals surface area contributed by atoms with E-state index in [9.17, 15) is 13.2 Å². The van der Waals surface area contributed by atoms with Gasteiger partial charge in [0.05, 0.1) is 11.4 Å². The maximum atomic E-state index is 12.1. The van der Waals surface area contributed by atoms with Gasteiger partial charge in [-0.3, -0.25) is 4.79 Å². The molecule has 2 aromatic carbocycles. The van der Waals surface area contributed by atoms with E-state index < -0.39 is 15.9 Å². The lowest BCUT2D eigenvalue weighted by Gasteiger charge is -2.09. The van der Waals surface area contributed by atoms with Gasteiger partial charge in [0.25, 0.3) is 0 Å². The highest BCUT2D eigenvalue weighted by Crippen LogP contribution is 2.12. The molecule has 0 atom stereocenters. The first-order chi connectivity index (χ1) is 10.9. The molecule has 0 aliphatic heterocycles. The summed E-state index contributed by atoms with van der Waals surface area (Å²) in [7, 11) is -3.69. The van der Waals surface area contributed by atoms with E-state index in [1.807, 2.05) is 32.0 Å². The van der Waals surface area contributed by atoms with E-state index in [1.54, 1.807) is 18.2 Å². The van der Waals surface area contributed by atoms with Crippen LogP contribution in [-0.4, -0.2) is 20.9 Å². The molecule has 2 aromatic rings. The van der Waals surface area contributed by atoms with Crippen LogP contribution in [0.15, 0.2) is 53.4 Å². The maximum absolute atomic E-state index is 12.1. The Hall–Kier alpha value is -2.18. The largest absolute Gasteiger partial charge is 0.325 e. The second-order valence-electron chi connectivity index (χ2n) is 5.24. The second kappa shape index (κ2) is 7.39. The number of carbonyl (C=O) groups is 1. The SMILES string of the molecule is CCc1cccc(NC(=O)CNS(=O)(=O)c2ccc(C)cc2)c1. The fraction of sp³-hybridized carbons (Fsp3) is 0.235. The topological polar surface area (TPSA) is 75.3 Å². The third kappa shape index (κ3) is 4.91. The quantitative estimate of drug-likeness (QED) is 0.853. The van der Waals surface area contributed by atoms with E-state index in [1.165, 1.54) is 12.1 Å². The van der Waals surface area contributed by atoms with Gasteiger partial charge >= 0.3 is 0 Å². The summed E-state index contributed by atoms with van der Waals surface area (Å²) in [5, 5.41) is 2.68. The average molecular weight is 332 g/mol. The molecule has 0 unspecified atom stereocenters. The highest BCUT2D eigenvalue weighted by atomic mass is 32.2. The molecule has 0 radical (unpaired) electrons. The molecule has 23 heavy (non-hydrogen) atoms. The predicted octanol–water partition coefficient (Wildman–Crippen LogP) is 2.47. The summed E-state index contributed by atoms with van der Waals surface area (Å²) in [6, 6.07) is 13.9. The fourth-order valence-electron chi connectivity index (χ4n) is 2.04. The second-order valence-corrected chi connectivity index (χ2v) is 7.01. The molecule has 0 aliphatic rings. The van der Waals surface area contributed by atoms with Crippen LogP contribution < -0.4 is 10.0 Å². The van der Waals surface area contributed by atoms with E-state index in [4.69, 9.17) is 0 Å². The van der Waals surface area contributed by atoms with E-state index >= 15 is 0 Å². The van der Waals surface area contributed by atoms with Gasteiger partial charge in [0.15, 0.2) is 0 Å². The molecule has 0 spiro atoms. The normalized spacial score (nSPS) is 11.2. The highest BCUT2D eigenvalue weighted by Gasteiger charge is 2.15. The Labute approximate surface area is 136 Å². The van der Waals surface area contributed by atoms with Gasteiger partial charge in [-0.1, -0.05) is 36.8 Å². The monoisotopic (exact) mass is 332 g/mol. The Morgan fingerprint density at radius 2 is 1.78 bits per heavy atom. The molecular formula is C17H20N2O3S. The van der Waals surface area contributed by atoms with Crippen LogP contribution in [0, 0.1) is 6.92 Å². The number of hydrogen-bond acceptors (Lipinski definition) is 3. The van der Waals surface area contributed by atoms with Crippen molar-refractivity contribution in [2.24, 2.45) is 0 Å². The molecule has 1 amide bonds. The molecule has 5 nitrogen and oxygen atoms in total. The number of carbonyl (C=O) groups excluding carboxylic acids is 1. The molecule has 0 bridgehead atoms. The molecular weight excluding hydrogens is 312 g/mol. The van der Waals surface area contributed by atoms with Crippen LogP contribution in [-0.2, 0) is 21.2 Å². The molecule has 0 aliphatic carbocycles. The number of aryl methyl sites for hydroxylation is 2. The van der Waals surface area contributed by atoms with Crippen molar-refractivity contribution < 1.29 is 13.2 Å². The van der Waals surface area contributed by atoms with Crippen LogP contribution in [0.3, 0.4) is 0 Å². The van der Waals surface area contributed by atoms with Gasteiger partial charge in [0.1, 0.15) is 0 Å². The van der Waals surface area contributed by atoms with Gasteiger partial charge in [0, 0.05) is 5.69 Å². The summed E-state index contributed by atoms with van der Waals surface area (Å²) in [6.45, 7) is 3.59. The van der Waals surface area contributed by atoms with Crippen LogP contribution >= 0.6 is 0 Å². The van der Waals surface area contributed by atoms with E-state index in [0.29, 0.717) is 5.69 Å². The van der Waals surface area contributed by atoms with Crippen LogP contribution in [0.5, 0.6) is 0 Å². The third-order valence-electron chi connectivity index (χ3n) is 3.37. The average Bonchev–Trinajstić information content (AvgIpc) is 2.54.